The number of fused-ring (bicyclic) bond motifs is 1. The molecule has 0 fully saturated rings. The first-order valence-corrected chi connectivity index (χ1v) is 5.19. The summed E-state index contributed by atoms with van der Waals surface area (Å²) in [5.41, 5.74) is 3.49. The van der Waals surface area contributed by atoms with Gasteiger partial charge in [0.25, 0.3) is 0 Å². The van der Waals surface area contributed by atoms with Gasteiger partial charge in [-0.3, -0.25) is 0 Å². The van der Waals surface area contributed by atoms with Crippen molar-refractivity contribution in [2.45, 2.75) is 12.5 Å². The van der Waals surface area contributed by atoms with Crippen LogP contribution in [0.3, 0.4) is 0 Å². The molecule has 4 heteroatoms. The Labute approximate surface area is 88.9 Å². The Balaban J connectivity index is 1.98. The van der Waals surface area contributed by atoms with E-state index in [-0.39, 0.29) is 6.61 Å². The molecule has 4 nitrogen and oxygen atoms in total. The molecule has 15 heavy (non-hydrogen) atoms. The molecule has 1 aliphatic rings. The van der Waals surface area contributed by atoms with Crippen molar-refractivity contribution in [3.8, 4) is 0 Å². The van der Waals surface area contributed by atoms with Crippen molar-refractivity contribution in [1.82, 2.24) is 0 Å². The largest absolute Gasteiger partial charge is 0.394 e. The van der Waals surface area contributed by atoms with Crippen molar-refractivity contribution in [2.75, 3.05) is 30.3 Å². The molecule has 0 radical (unpaired) electrons. The zero-order valence-electron chi connectivity index (χ0n) is 8.53. The lowest BCUT2D eigenvalue weighted by Crippen LogP contribution is -2.22. The Bertz CT molecular complexity index is 341. The summed E-state index contributed by atoms with van der Waals surface area (Å²) in [6.07, 6.45) is 0.351. The molecule has 0 bridgehead atoms. The molecule has 1 atom stereocenters. The minimum Gasteiger partial charge on any atom is -0.394 e. The maximum absolute atomic E-state index is 9.19. The number of aliphatic hydroxyl groups is 2. The lowest BCUT2D eigenvalue weighted by Gasteiger charge is -2.11. The molecule has 0 saturated carbocycles. The molecule has 1 aromatic carbocycles. The highest BCUT2D eigenvalue weighted by Crippen LogP contribution is 2.25. The van der Waals surface area contributed by atoms with Crippen molar-refractivity contribution < 1.29 is 10.2 Å². The minimum atomic E-state index is -0.698. The quantitative estimate of drug-likeness (QED) is 0.579. The van der Waals surface area contributed by atoms with Gasteiger partial charge in [-0.1, -0.05) is 0 Å². The lowest BCUT2D eigenvalue weighted by molar-refractivity contribution is 0.105. The van der Waals surface area contributed by atoms with E-state index in [1.54, 1.807) is 0 Å². The van der Waals surface area contributed by atoms with E-state index in [1.165, 1.54) is 11.3 Å². The summed E-state index contributed by atoms with van der Waals surface area (Å²) in [6.45, 7) is 1.17. The predicted octanol–water partition coefficient (Wildman–Crippen LogP) is 0.420. The molecule has 2 rings (SSSR count). The van der Waals surface area contributed by atoms with Gasteiger partial charge >= 0.3 is 0 Å². The number of aliphatic hydroxyl groups excluding tert-OH is 2. The second kappa shape index (κ2) is 4.51. The summed E-state index contributed by atoms with van der Waals surface area (Å²) in [5, 5.41) is 24.2. The Morgan fingerprint density at radius 1 is 1.47 bits per heavy atom. The number of rotatable bonds is 4. The summed E-state index contributed by atoms with van der Waals surface area (Å²) >= 11 is 0. The summed E-state index contributed by atoms with van der Waals surface area (Å²) < 4.78 is 0. The highest BCUT2D eigenvalue weighted by molar-refractivity contribution is 5.62. The average molecular weight is 208 g/mol. The van der Waals surface area contributed by atoms with Gasteiger partial charge in [0.15, 0.2) is 0 Å². The number of hydrogen-bond donors (Lipinski definition) is 4. The van der Waals surface area contributed by atoms with E-state index in [4.69, 9.17) is 5.11 Å². The Morgan fingerprint density at radius 2 is 2.33 bits per heavy atom. The number of hydrogen-bond acceptors (Lipinski definition) is 4. The van der Waals surface area contributed by atoms with Gasteiger partial charge in [-0.2, -0.15) is 0 Å². The lowest BCUT2D eigenvalue weighted by atomic mass is 10.1. The monoisotopic (exact) mass is 208 g/mol. The van der Waals surface area contributed by atoms with Crippen molar-refractivity contribution in [1.29, 1.82) is 0 Å². The van der Waals surface area contributed by atoms with Crippen LogP contribution in [0, 0.1) is 0 Å². The van der Waals surface area contributed by atoms with Crippen LogP contribution in [0.25, 0.3) is 0 Å². The maximum atomic E-state index is 9.19. The van der Waals surface area contributed by atoms with E-state index >= 15 is 0 Å². The van der Waals surface area contributed by atoms with Crippen molar-refractivity contribution >= 4 is 11.4 Å². The van der Waals surface area contributed by atoms with Gasteiger partial charge < -0.3 is 20.8 Å². The zero-order chi connectivity index (χ0) is 10.7. The summed E-state index contributed by atoms with van der Waals surface area (Å²) in [4.78, 5) is 0. The van der Waals surface area contributed by atoms with Crippen molar-refractivity contribution in [3.05, 3.63) is 23.8 Å². The second-order valence-corrected chi connectivity index (χ2v) is 3.77. The van der Waals surface area contributed by atoms with Gasteiger partial charge in [0.2, 0.25) is 0 Å². The molecular formula is C11H16N2O2. The normalized spacial score (nSPS) is 15.6. The van der Waals surface area contributed by atoms with Gasteiger partial charge in [-0.15, -0.1) is 0 Å². The second-order valence-electron chi connectivity index (χ2n) is 3.77. The van der Waals surface area contributed by atoms with Crippen LogP contribution in [-0.2, 0) is 6.42 Å². The fraction of sp³-hybridized carbons (Fsp3) is 0.455. The molecule has 0 amide bonds. The predicted molar refractivity (Wildman–Crippen MR) is 60.2 cm³/mol. The molecule has 4 N–H and O–H groups in total. The van der Waals surface area contributed by atoms with Crippen LogP contribution in [0.15, 0.2) is 18.2 Å². The van der Waals surface area contributed by atoms with Crippen molar-refractivity contribution in [3.63, 3.8) is 0 Å². The fourth-order valence-electron chi connectivity index (χ4n) is 1.72. The van der Waals surface area contributed by atoms with Crippen LogP contribution in [-0.4, -0.2) is 36.0 Å². The van der Waals surface area contributed by atoms with Crippen LogP contribution >= 0.6 is 0 Å². The molecule has 0 spiro atoms. The fourth-order valence-corrected chi connectivity index (χ4v) is 1.72. The van der Waals surface area contributed by atoms with E-state index in [0.717, 1.165) is 18.7 Å². The summed E-state index contributed by atoms with van der Waals surface area (Å²) in [6, 6.07) is 6.09. The molecule has 0 aliphatic carbocycles. The average Bonchev–Trinajstić information content (AvgIpc) is 2.72. The van der Waals surface area contributed by atoms with E-state index in [2.05, 4.69) is 16.7 Å². The Morgan fingerprint density at radius 3 is 3.13 bits per heavy atom. The van der Waals surface area contributed by atoms with E-state index in [9.17, 15) is 5.11 Å². The topological polar surface area (TPSA) is 64.5 Å². The first-order chi connectivity index (χ1) is 7.29. The minimum absolute atomic E-state index is 0.209. The summed E-state index contributed by atoms with van der Waals surface area (Å²) in [5.74, 6) is 0. The van der Waals surface area contributed by atoms with Gasteiger partial charge in [0.1, 0.15) is 0 Å². The highest BCUT2D eigenvalue weighted by atomic mass is 16.3. The molecule has 82 valence electrons. The van der Waals surface area contributed by atoms with Crippen LogP contribution in [0.1, 0.15) is 5.56 Å². The van der Waals surface area contributed by atoms with Crippen LogP contribution in [0.4, 0.5) is 11.4 Å². The van der Waals surface area contributed by atoms with Gasteiger partial charge in [0, 0.05) is 24.5 Å². The molecule has 1 aromatic rings. The van der Waals surface area contributed by atoms with Crippen LogP contribution < -0.4 is 10.6 Å². The molecular weight excluding hydrogens is 192 g/mol. The standard InChI is InChI=1S/C11H16N2O2/c14-7-10(15)6-13-9-1-2-11-8(5-9)3-4-12-11/h1-2,5,10,12-15H,3-4,6-7H2. The van der Waals surface area contributed by atoms with Crippen LogP contribution in [0.2, 0.25) is 0 Å². The number of nitrogens with one attached hydrogen (secondary N) is 2. The maximum Gasteiger partial charge on any atom is 0.0942 e. The Kier molecular flexibility index (Phi) is 3.08. The number of anilines is 2. The smallest absolute Gasteiger partial charge is 0.0942 e. The number of benzene rings is 1. The Hall–Kier alpha value is -1.26. The van der Waals surface area contributed by atoms with E-state index in [1.807, 2.05) is 12.1 Å². The zero-order valence-corrected chi connectivity index (χ0v) is 8.53. The molecule has 0 aromatic heterocycles. The first kappa shape index (κ1) is 10.3. The molecule has 1 aliphatic heterocycles. The molecule has 1 heterocycles. The molecule has 0 saturated heterocycles. The highest BCUT2D eigenvalue weighted by Gasteiger charge is 2.10. The SMILES string of the molecule is OCC(O)CNc1ccc2c(c1)CCN2. The molecule has 1 unspecified atom stereocenters. The third-order valence-corrected chi connectivity index (χ3v) is 2.57. The third-order valence-electron chi connectivity index (χ3n) is 2.57. The van der Waals surface area contributed by atoms with E-state index < -0.39 is 6.10 Å². The van der Waals surface area contributed by atoms with Gasteiger partial charge in [-0.25, -0.2) is 0 Å². The van der Waals surface area contributed by atoms with Gasteiger partial charge in [-0.05, 0) is 30.2 Å². The third kappa shape index (κ3) is 2.40. The van der Waals surface area contributed by atoms with E-state index in [0.29, 0.717) is 6.54 Å². The van der Waals surface area contributed by atoms with Crippen LogP contribution in [0.5, 0.6) is 0 Å². The van der Waals surface area contributed by atoms with Crippen molar-refractivity contribution in [2.24, 2.45) is 0 Å². The first-order valence-electron chi connectivity index (χ1n) is 5.19. The van der Waals surface area contributed by atoms with Gasteiger partial charge in [0.05, 0.1) is 12.7 Å². The summed E-state index contributed by atoms with van der Waals surface area (Å²) in [7, 11) is 0.